The number of ketones is 6. The van der Waals surface area contributed by atoms with E-state index in [-0.39, 0.29) is 43.0 Å². The van der Waals surface area contributed by atoms with Crippen molar-refractivity contribution in [3.05, 3.63) is 46.9 Å². The summed E-state index contributed by atoms with van der Waals surface area (Å²) < 4.78 is 14.8. The Balaban J connectivity index is -0.000000802. The second-order valence-corrected chi connectivity index (χ2v) is 12.6. The minimum atomic E-state index is -1.21. The summed E-state index contributed by atoms with van der Waals surface area (Å²) in [6.07, 6.45) is 5.72. The van der Waals surface area contributed by atoms with Gasteiger partial charge in [0.25, 0.3) is 0 Å². The number of nitrogens with one attached hydrogen (secondary N) is 3. The third kappa shape index (κ3) is 20.7. The van der Waals surface area contributed by atoms with Crippen molar-refractivity contribution < 1.29 is 108 Å². The Hall–Kier alpha value is -5.08. The van der Waals surface area contributed by atoms with E-state index < -0.39 is 89.2 Å². The van der Waals surface area contributed by atoms with Crippen LogP contribution in [0, 0.1) is 45.7 Å². The summed E-state index contributed by atoms with van der Waals surface area (Å²) in [5.74, 6) is -3.62. The molecule has 3 aliphatic rings. The molecule has 347 valence electrons. The molecule has 1 radical (unpaired) electrons. The second-order valence-electron chi connectivity index (χ2n) is 12.6. The van der Waals surface area contributed by atoms with E-state index in [0.717, 1.165) is 5.34 Å². The van der Waals surface area contributed by atoms with E-state index in [4.69, 9.17) is 39.6 Å². The van der Waals surface area contributed by atoms with Gasteiger partial charge in [0.1, 0.15) is 18.1 Å². The number of rotatable bonds is 18. The van der Waals surface area contributed by atoms with Crippen molar-refractivity contribution in [2.75, 3.05) is 60.8 Å². The van der Waals surface area contributed by atoms with Crippen LogP contribution in [0.15, 0.2) is 42.2 Å². The fourth-order valence-electron chi connectivity index (χ4n) is 6.07. The molecule has 0 saturated heterocycles. The summed E-state index contributed by atoms with van der Waals surface area (Å²) in [7, 11) is 4.59. The van der Waals surface area contributed by atoms with E-state index in [0.29, 0.717) is 58.7 Å². The first-order valence-electron chi connectivity index (χ1n) is 18.4. The summed E-state index contributed by atoms with van der Waals surface area (Å²) in [5, 5.41) is 42.2. The molecule has 6 unspecified atom stereocenters. The average molecular weight is 1010 g/mol. The van der Waals surface area contributed by atoms with Crippen LogP contribution in [0.1, 0.15) is 47.5 Å². The molecule has 0 saturated carbocycles. The summed E-state index contributed by atoms with van der Waals surface area (Å²) in [6.45, 7) is 7.64. The van der Waals surface area contributed by atoms with Gasteiger partial charge in [0.05, 0.1) is 37.9 Å². The van der Waals surface area contributed by atoms with Gasteiger partial charge in [-0.05, 0) is 19.3 Å². The van der Waals surface area contributed by atoms with Crippen molar-refractivity contribution in [3.8, 4) is 0 Å². The molecule has 62 heavy (non-hydrogen) atoms. The topological polar surface area (TPSA) is 340 Å². The van der Waals surface area contributed by atoms with E-state index in [1.807, 2.05) is 0 Å². The van der Waals surface area contributed by atoms with Crippen LogP contribution in [0.5, 0.6) is 0 Å². The number of carbonyl (C=O) groups is 9. The van der Waals surface area contributed by atoms with Gasteiger partial charge < -0.3 is 70.3 Å². The zero-order valence-electron chi connectivity index (χ0n) is 34.7. The van der Waals surface area contributed by atoms with Gasteiger partial charge in [-0.2, -0.15) is 0 Å². The Bertz CT molecular complexity index is 1420. The summed E-state index contributed by atoms with van der Waals surface area (Å²) in [6, 6.07) is -4.32. The number of methoxy groups -OCH3 is 3. The van der Waals surface area contributed by atoms with Crippen LogP contribution >= 0.6 is 0 Å². The third-order valence-electron chi connectivity index (χ3n) is 8.91. The number of nitrogens with zero attached hydrogens (tertiary/aromatic N) is 4. The Labute approximate surface area is 386 Å². The van der Waals surface area contributed by atoms with Gasteiger partial charge in [-0.1, -0.05) is 28.2 Å². The summed E-state index contributed by atoms with van der Waals surface area (Å²) in [4.78, 5) is 115. The van der Waals surface area contributed by atoms with Crippen LogP contribution in [-0.2, 0) is 43.0 Å². The maximum Gasteiger partial charge on any atom is 0.404 e. The van der Waals surface area contributed by atoms with Crippen LogP contribution in [-0.4, -0.2) is 180 Å². The van der Waals surface area contributed by atoms with E-state index in [1.165, 1.54) is 58.2 Å². The Morgan fingerprint density at radius 1 is 0.597 bits per heavy atom. The third-order valence-corrected chi connectivity index (χ3v) is 8.91. The molecular formula is C37H58LaN7O17-. The first-order chi connectivity index (χ1) is 28.4. The van der Waals surface area contributed by atoms with Crippen LogP contribution in [0.4, 0.5) is 14.4 Å². The standard InChI is InChI=1S/3C12H18N2O5.CH4.La.HNO2/c3*1-3-8(13-12(17)18)10-11(16)9(15)4-5-14(10)6-7-19-2;;;2-1-3/h3*4-5,8,10,13H,3,6-7H2,1-2H3,(H,17,18);1H4;;(H,2,3)/p-1. The number of carboxylic acid groups (broad SMARTS) is 3. The molecule has 6 atom stereocenters. The number of hydrogen-bond donors (Lipinski definition) is 6. The molecule has 0 aliphatic carbocycles. The van der Waals surface area contributed by atoms with Crippen LogP contribution in [0.25, 0.3) is 0 Å². The molecule has 25 heteroatoms. The monoisotopic (exact) mass is 1010 g/mol. The summed E-state index contributed by atoms with van der Waals surface area (Å²) >= 11 is 0. The molecule has 0 aromatic heterocycles. The van der Waals surface area contributed by atoms with E-state index in [2.05, 4.69) is 16.0 Å². The predicted octanol–water partition coefficient (Wildman–Crippen LogP) is 0.932. The zero-order valence-corrected chi connectivity index (χ0v) is 38.3. The van der Waals surface area contributed by atoms with Gasteiger partial charge in [-0.3, -0.25) is 28.8 Å². The predicted molar refractivity (Wildman–Crippen MR) is 216 cm³/mol. The molecule has 3 rings (SSSR count). The zero-order chi connectivity index (χ0) is 45.9. The van der Waals surface area contributed by atoms with Gasteiger partial charge >= 0.3 is 18.3 Å². The Morgan fingerprint density at radius 3 is 0.968 bits per heavy atom. The van der Waals surface area contributed by atoms with Crippen molar-refractivity contribution >= 4 is 53.0 Å². The number of allylic oxidation sites excluding steroid dienone is 3. The maximum atomic E-state index is 12.0. The molecule has 3 heterocycles. The maximum absolute atomic E-state index is 12.0. The molecular weight excluding hydrogens is 953 g/mol. The smallest absolute Gasteiger partial charge is 0.404 e. The van der Waals surface area contributed by atoms with Crippen molar-refractivity contribution in [1.29, 1.82) is 0 Å². The SMILES string of the molecule is C.CCC(NC(=O)O)C1C(=O)C(=O)C=CN1CCOC.CCC(NC(=O)O)C1C(=O)C(=O)C=CN1CCOC.CCC(NC(=O)O)C1C(=O)C(=O)C=CN1CCOC.O=N[O-].[La]. The normalized spacial score (nSPS) is 19.1. The average Bonchev–Trinajstić information content (AvgIpc) is 3.20. The first-order valence-corrected chi connectivity index (χ1v) is 18.4. The first kappa shape index (κ1) is 61.2. The van der Waals surface area contributed by atoms with Crippen molar-refractivity contribution in [2.45, 2.75) is 83.7 Å². The number of ether oxygens (including phenoxy) is 3. The molecule has 0 aromatic rings. The molecule has 6 N–H and O–H groups in total. The van der Waals surface area contributed by atoms with Crippen LogP contribution in [0.3, 0.4) is 0 Å². The van der Waals surface area contributed by atoms with Gasteiger partial charge in [0.15, 0.2) is 0 Å². The molecule has 0 bridgehead atoms. The Kier molecular flexibility index (Phi) is 33.1. The fraction of sp³-hybridized carbons (Fsp3) is 0.595. The Morgan fingerprint density at radius 2 is 0.806 bits per heavy atom. The largest absolute Gasteiger partial charge is 0.465 e. The van der Waals surface area contributed by atoms with Crippen LogP contribution in [0.2, 0.25) is 0 Å². The minimum Gasteiger partial charge on any atom is -0.465 e. The number of amides is 3. The minimum absolute atomic E-state index is 0. The quantitative estimate of drug-likeness (QED) is 0.0632. The number of carbonyl (C=O) groups excluding carboxylic acids is 6. The molecule has 0 spiro atoms. The van der Waals surface area contributed by atoms with Gasteiger partial charge in [0.2, 0.25) is 34.7 Å². The van der Waals surface area contributed by atoms with Crippen LogP contribution < -0.4 is 16.0 Å². The van der Waals surface area contributed by atoms with E-state index >= 15 is 0 Å². The molecule has 0 fully saturated rings. The summed E-state index contributed by atoms with van der Waals surface area (Å²) in [5.41, 5.74) is 0. The molecule has 0 aromatic carbocycles. The molecule has 3 amide bonds. The number of hydrogen-bond acceptors (Lipinski definition) is 18. The molecule has 24 nitrogen and oxygen atoms in total. The fourth-order valence-corrected chi connectivity index (χ4v) is 6.07. The van der Waals surface area contributed by atoms with Crippen molar-refractivity contribution in [2.24, 2.45) is 5.34 Å². The molecule has 3 aliphatic heterocycles. The van der Waals surface area contributed by atoms with Gasteiger partial charge in [-0.15, -0.1) is 5.34 Å². The second kappa shape index (κ2) is 33.5. The van der Waals surface area contributed by atoms with E-state index in [9.17, 15) is 43.2 Å². The van der Waals surface area contributed by atoms with E-state index in [1.54, 1.807) is 35.5 Å². The van der Waals surface area contributed by atoms with Crippen molar-refractivity contribution in [3.63, 3.8) is 0 Å². The van der Waals surface area contributed by atoms with Gasteiger partial charge in [-0.25, -0.2) is 14.4 Å². The number of Topliss-reactive ketones (excluding diaryl/α,β-unsaturated/α-hetero) is 3. The van der Waals surface area contributed by atoms with Gasteiger partial charge in [0, 0.05) is 113 Å². The van der Waals surface area contributed by atoms with Crippen molar-refractivity contribution in [1.82, 2.24) is 30.7 Å².